The van der Waals surface area contributed by atoms with Crippen molar-refractivity contribution >= 4 is 20.0 Å². The van der Waals surface area contributed by atoms with Crippen LogP contribution in [0.4, 0.5) is 0 Å². The molecule has 0 saturated heterocycles. The van der Waals surface area contributed by atoms with Crippen LogP contribution in [0.1, 0.15) is 58.8 Å². The Hall–Kier alpha value is -1.10. The normalized spacial score (nSPS) is 13.1. The van der Waals surface area contributed by atoms with E-state index in [4.69, 9.17) is 9.47 Å². The molecule has 0 aromatic rings. The Morgan fingerprint density at radius 1 is 0.913 bits per heavy atom. The van der Waals surface area contributed by atoms with Crippen LogP contribution in [0.25, 0.3) is 0 Å². The lowest BCUT2D eigenvalue weighted by Gasteiger charge is -2.26. The van der Waals surface area contributed by atoms with Crippen molar-refractivity contribution in [3.63, 3.8) is 0 Å². The molecule has 0 aliphatic carbocycles. The van der Waals surface area contributed by atoms with Gasteiger partial charge in [0.1, 0.15) is 0 Å². The van der Waals surface area contributed by atoms with Crippen LogP contribution in [0, 0.1) is 0 Å². The van der Waals surface area contributed by atoms with E-state index in [2.05, 4.69) is 26.6 Å². The molecule has 0 amide bonds. The zero-order valence-electron chi connectivity index (χ0n) is 15.5. The number of rotatable bonds is 12. The summed E-state index contributed by atoms with van der Waals surface area (Å²) in [7, 11) is -1.54. The van der Waals surface area contributed by atoms with E-state index >= 15 is 0 Å². The summed E-state index contributed by atoms with van der Waals surface area (Å²) < 4.78 is 10.5. The summed E-state index contributed by atoms with van der Waals surface area (Å²) in [5.74, 6) is -0.938. The van der Waals surface area contributed by atoms with Crippen molar-refractivity contribution in [2.24, 2.45) is 0 Å². The van der Waals surface area contributed by atoms with Crippen molar-refractivity contribution in [2.45, 2.75) is 84.2 Å². The third-order valence-corrected chi connectivity index (χ3v) is 6.15. The van der Waals surface area contributed by atoms with Crippen molar-refractivity contribution in [1.82, 2.24) is 0 Å². The fraction of sp³-hybridized carbons (Fsp3) is 0.778. The van der Waals surface area contributed by atoms with Gasteiger partial charge in [0.2, 0.25) is 0 Å². The molecule has 0 aromatic heterocycles. The zero-order valence-corrected chi connectivity index (χ0v) is 16.5. The highest BCUT2D eigenvalue weighted by Crippen LogP contribution is 2.15. The van der Waals surface area contributed by atoms with Crippen LogP contribution in [-0.4, -0.2) is 32.3 Å². The van der Waals surface area contributed by atoms with E-state index in [9.17, 15) is 9.59 Å². The Kier molecular flexibility index (Phi) is 11.7. The molecule has 5 heteroatoms. The summed E-state index contributed by atoms with van der Waals surface area (Å²) >= 11 is 0. The second kappa shape index (κ2) is 12.3. The molecule has 0 aliphatic rings. The smallest absolute Gasteiger partial charge is 0.331 e. The Balaban J connectivity index is 3.92. The van der Waals surface area contributed by atoms with Gasteiger partial charge >= 0.3 is 11.9 Å². The van der Waals surface area contributed by atoms with Gasteiger partial charge in [0.05, 0.1) is 20.4 Å². The third-order valence-electron chi connectivity index (χ3n) is 3.69. The topological polar surface area (TPSA) is 52.6 Å². The quantitative estimate of drug-likeness (QED) is 0.224. The fourth-order valence-electron chi connectivity index (χ4n) is 2.29. The second-order valence-electron chi connectivity index (χ2n) is 6.97. The third kappa shape index (κ3) is 12.0. The van der Waals surface area contributed by atoms with Crippen molar-refractivity contribution < 1.29 is 19.1 Å². The standard InChI is InChI=1S/C18H34O4Si/c1-6-8-9-10-11-12-15-21-16(19)13-14-17(20)22-18(7-2)23(3,4)5/h13-14,18H,6-12,15H2,1-5H3. The van der Waals surface area contributed by atoms with Gasteiger partial charge in [-0.25, -0.2) is 9.59 Å². The van der Waals surface area contributed by atoms with E-state index < -0.39 is 20.0 Å². The molecule has 0 fully saturated rings. The van der Waals surface area contributed by atoms with Gasteiger partial charge in [0, 0.05) is 12.2 Å². The molecule has 4 nitrogen and oxygen atoms in total. The minimum Gasteiger partial charge on any atom is -0.463 e. The van der Waals surface area contributed by atoms with Gasteiger partial charge in [0.15, 0.2) is 0 Å². The van der Waals surface area contributed by atoms with Crippen molar-refractivity contribution in [1.29, 1.82) is 0 Å². The van der Waals surface area contributed by atoms with Crippen LogP contribution in [0.2, 0.25) is 19.6 Å². The maximum Gasteiger partial charge on any atom is 0.331 e. The van der Waals surface area contributed by atoms with E-state index in [1.165, 1.54) is 31.8 Å². The lowest BCUT2D eigenvalue weighted by molar-refractivity contribution is -0.141. The van der Waals surface area contributed by atoms with E-state index in [1.54, 1.807) is 0 Å². The van der Waals surface area contributed by atoms with Gasteiger partial charge in [-0.2, -0.15) is 0 Å². The average Bonchev–Trinajstić information content (AvgIpc) is 2.48. The van der Waals surface area contributed by atoms with Crippen LogP contribution < -0.4 is 0 Å². The number of esters is 2. The first kappa shape index (κ1) is 21.9. The van der Waals surface area contributed by atoms with Gasteiger partial charge in [-0.15, -0.1) is 0 Å². The zero-order chi connectivity index (χ0) is 17.7. The monoisotopic (exact) mass is 342 g/mol. The lowest BCUT2D eigenvalue weighted by atomic mass is 10.1. The van der Waals surface area contributed by atoms with Gasteiger partial charge < -0.3 is 9.47 Å². The number of hydrogen-bond donors (Lipinski definition) is 0. The van der Waals surface area contributed by atoms with Gasteiger partial charge in [-0.3, -0.25) is 0 Å². The van der Waals surface area contributed by atoms with Crippen LogP contribution in [-0.2, 0) is 19.1 Å². The van der Waals surface area contributed by atoms with Gasteiger partial charge in [-0.05, 0) is 12.8 Å². The maximum absolute atomic E-state index is 11.7. The highest BCUT2D eigenvalue weighted by Gasteiger charge is 2.28. The Bertz CT molecular complexity index is 372. The molecule has 0 spiro atoms. The van der Waals surface area contributed by atoms with Crippen molar-refractivity contribution in [3.05, 3.63) is 12.2 Å². The average molecular weight is 343 g/mol. The first-order valence-corrected chi connectivity index (χ1v) is 12.4. The van der Waals surface area contributed by atoms with Crippen LogP contribution in [0.3, 0.4) is 0 Å². The molecule has 0 aromatic carbocycles. The molecule has 0 rings (SSSR count). The summed E-state index contributed by atoms with van der Waals surface area (Å²) in [4.78, 5) is 23.3. The van der Waals surface area contributed by atoms with E-state index in [0.29, 0.717) is 6.61 Å². The molecule has 1 unspecified atom stereocenters. The Labute approximate surface area is 142 Å². The molecule has 23 heavy (non-hydrogen) atoms. The van der Waals surface area contributed by atoms with Crippen LogP contribution in [0.15, 0.2) is 12.2 Å². The number of carbonyl (C=O) groups is 2. The first-order chi connectivity index (χ1) is 10.8. The number of unbranched alkanes of at least 4 members (excludes halogenated alkanes) is 5. The molecule has 0 radical (unpaired) electrons. The Morgan fingerprint density at radius 2 is 1.48 bits per heavy atom. The van der Waals surface area contributed by atoms with Gasteiger partial charge in [0.25, 0.3) is 0 Å². The molecule has 0 heterocycles. The molecule has 0 N–H and O–H groups in total. The summed E-state index contributed by atoms with van der Waals surface area (Å²) in [6, 6.07) is 0. The largest absolute Gasteiger partial charge is 0.463 e. The Morgan fingerprint density at radius 3 is 2.04 bits per heavy atom. The van der Waals surface area contributed by atoms with E-state index in [-0.39, 0.29) is 5.73 Å². The molecule has 0 bridgehead atoms. The maximum atomic E-state index is 11.7. The molecular formula is C18H34O4Si. The molecule has 1 atom stereocenters. The lowest BCUT2D eigenvalue weighted by Crippen LogP contribution is -2.41. The molecule has 0 aliphatic heterocycles. The second-order valence-corrected chi connectivity index (χ2v) is 12.3. The number of hydrogen-bond acceptors (Lipinski definition) is 4. The fourth-order valence-corrected chi connectivity index (χ4v) is 3.99. The predicted octanol–water partition coefficient (Wildman–Crippen LogP) is 4.65. The summed E-state index contributed by atoms with van der Waals surface area (Å²) in [6.07, 6.45) is 10.0. The van der Waals surface area contributed by atoms with Crippen LogP contribution in [0.5, 0.6) is 0 Å². The van der Waals surface area contributed by atoms with Crippen molar-refractivity contribution in [2.75, 3.05) is 6.61 Å². The van der Waals surface area contributed by atoms with Gasteiger partial charge in [-0.1, -0.05) is 65.6 Å². The SMILES string of the molecule is CCCCCCCCOC(=O)C=CC(=O)OC(CC)[Si](C)(C)C. The molecule has 0 saturated carbocycles. The molecule has 134 valence electrons. The van der Waals surface area contributed by atoms with Crippen molar-refractivity contribution in [3.8, 4) is 0 Å². The first-order valence-electron chi connectivity index (χ1n) is 8.86. The van der Waals surface area contributed by atoms with E-state index in [1.807, 2.05) is 6.92 Å². The molecular weight excluding hydrogens is 308 g/mol. The summed E-state index contributed by atoms with van der Waals surface area (Å²) in [6.45, 7) is 11.1. The predicted molar refractivity (Wildman–Crippen MR) is 97.0 cm³/mol. The number of carbonyl (C=O) groups excluding carboxylic acids is 2. The summed E-state index contributed by atoms with van der Waals surface area (Å²) in [5.41, 5.74) is -0.0289. The minimum atomic E-state index is -1.54. The van der Waals surface area contributed by atoms with Crippen LogP contribution >= 0.6 is 0 Å². The highest BCUT2D eigenvalue weighted by atomic mass is 28.3. The number of ether oxygens (including phenoxy) is 2. The highest BCUT2D eigenvalue weighted by molar-refractivity contribution is 6.77. The van der Waals surface area contributed by atoms with E-state index in [0.717, 1.165) is 25.3 Å². The minimum absolute atomic E-state index is 0.0289. The summed E-state index contributed by atoms with van der Waals surface area (Å²) in [5, 5.41) is 0.